The standard InChI is InChI=1S/C14H12.C3H8.2C2H6.Y/c1-2-12-8-6-7-11-14(12)13-9-4-3-5-10-13;1-3-2;2*1-2;/h3-9H,2H2,1H3;3H2,1-2H3;2*1-2H3;/q-2;;;;. The molecule has 1 heteroatoms. The number of benzene rings is 2. The van der Waals surface area contributed by atoms with Crippen molar-refractivity contribution in [2.75, 3.05) is 0 Å². The van der Waals surface area contributed by atoms with E-state index in [-0.39, 0.29) is 32.7 Å². The van der Waals surface area contributed by atoms with Gasteiger partial charge < -0.3 is 0 Å². The second-order valence-electron chi connectivity index (χ2n) is 3.91. The van der Waals surface area contributed by atoms with Crippen molar-refractivity contribution in [3.63, 3.8) is 0 Å². The van der Waals surface area contributed by atoms with Crippen LogP contribution in [0.2, 0.25) is 0 Å². The monoisotopic (exact) mass is 373 g/mol. The van der Waals surface area contributed by atoms with Crippen molar-refractivity contribution < 1.29 is 32.7 Å². The van der Waals surface area contributed by atoms with E-state index in [1.807, 2.05) is 58.0 Å². The Morgan fingerprint density at radius 3 is 1.77 bits per heavy atom. The Labute approximate surface area is 164 Å². The topological polar surface area (TPSA) is 0 Å². The number of rotatable bonds is 2. The van der Waals surface area contributed by atoms with Gasteiger partial charge in [0, 0.05) is 32.7 Å². The van der Waals surface area contributed by atoms with Crippen LogP contribution in [0.3, 0.4) is 0 Å². The largest absolute Gasteiger partial charge is 0.226 e. The summed E-state index contributed by atoms with van der Waals surface area (Å²) in [6.45, 7) is 14.4. The van der Waals surface area contributed by atoms with Gasteiger partial charge in [-0.05, 0) is 0 Å². The summed E-state index contributed by atoms with van der Waals surface area (Å²) in [5.74, 6) is 0. The number of hydrogen-bond acceptors (Lipinski definition) is 0. The smallest absolute Gasteiger partial charge is 0 e. The summed E-state index contributed by atoms with van der Waals surface area (Å²) in [4.78, 5) is 0. The molecule has 0 bridgehead atoms. The second kappa shape index (κ2) is 20.5. The average Bonchev–Trinajstić information content (AvgIpc) is 2.60. The summed E-state index contributed by atoms with van der Waals surface area (Å²) in [7, 11) is 0. The maximum absolute atomic E-state index is 3.27. The number of hydrogen-bond donors (Lipinski definition) is 0. The molecule has 0 unspecified atom stereocenters. The van der Waals surface area contributed by atoms with Gasteiger partial charge in [0.2, 0.25) is 0 Å². The first-order valence-corrected chi connectivity index (χ1v) is 8.30. The van der Waals surface area contributed by atoms with Crippen molar-refractivity contribution >= 4 is 0 Å². The Morgan fingerprint density at radius 1 is 0.773 bits per heavy atom. The predicted molar refractivity (Wildman–Crippen MR) is 97.6 cm³/mol. The summed E-state index contributed by atoms with van der Waals surface area (Å²) in [5, 5.41) is 0. The van der Waals surface area contributed by atoms with Crippen LogP contribution in [0.4, 0.5) is 0 Å². The van der Waals surface area contributed by atoms with Crippen LogP contribution in [0.1, 0.15) is 60.5 Å². The minimum Gasteiger partial charge on any atom is -0.226 e. The molecule has 0 aliphatic heterocycles. The van der Waals surface area contributed by atoms with Crippen molar-refractivity contribution in [2.45, 2.75) is 61.3 Å². The van der Waals surface area contributed by atoms with Crippen LogP contribution in [0.5, 0.6) is 0 Å². The van der Waals surface area contributed by atoms with Gasteiger partial charge in [-0.1, -0.05) is 61.3 Å². The third kappa shape index (κ3) is 11.2. The van der Waals surface area contributed by atoms with Crippen LogP contribution in [0, 0.1) is 12.1 Å². The van der Waals surface area contributed by atoms with Crippen LogP contribution in [0.15, 0.2) is 42.5 Å². The van der Waals surface area contributed by atoms with E-state index in [0.29, 0.717) is 0 Å². The van der Waals surface area contributed by atoms with Crippen LogP contribution >= 0.6 is 0 Å². The van der Waals surface area contributed by atoms with E-state index in [9.17, 15) is 0 Å². The molecule has 0 atom stereocenters. The fourth-order valence-electron chi connectivity index (χ4n) is 1.57. The fourth-order valence-corrected chi connectivity index (χ4v) is 1.57. The third-order valence-corrected chi connectivity index (χ3v) is 2.30. The zero-order valence-corrected chi connectivity index (χ0v) is 18.4. The van der Waals surface area contributed by atoms with Gasteiger partial charge in [-0.25, -0.2) is 11.1 Å². The average molecular weight is 373 g/mol. The zero-order valence-electron chi connectivity index (χ0n) is 15.5. The van der Waals surface area contributed by atoms with Gasteiger partial charge in [0.1, 0.15) is 0 Å². The van der Waals surface area contributed by atoms with E-state index in [4.69, 9.17) is 0 Å². The van der Waals surface area contributed by atoms with E-state index in [0.717, 1.165) is 12.0 Å². The molecule has 0 spiro atoms. The molecule has 1 radical (unpaired) electrons. The van der Waals surface area contributed by atoms with Crippen LogP contribution < -0.4 is 0 Å². The predicted octanol–water partition coefficient (Wildman–Crippen LogP) is 6.98. The summed E-state index contributed by atoms with van der Waals surface area (Å²) >= 11 is 0. The molecule has 0 N–H and O–H groups in total. The Kier molecular flexibility index (Phi) is 24.7. The minimum absolute atomic E-state index is 0. The van der Waals surface area contributed by atoms with Gasteiger partial charge in [0.15, 0.2) is 0 Å². The van der Waals surface area contributed by atoms with Crippen molar-refractivity contribution in [1.29, 1.82) is 0 Å². The first-order valence-electron chi connectivity index (χ1n) is 8.30. The Bertz CT molecular complexity index is 421. The Balaban J connectivity index is -0.000000395. The molecule has 0 aromatic heterocycles. The van der Waals surface area contributed by atoms with Gasteiger partial charge in [0.25, 0.3) is 0 Å². The number of aryl methyl sites for hydroxylation is 1. The van der Waals surface area contributed by atoms with E-state index in [1.54, 1.807) is 0 Å². The summed E-state index contributed by atoms with van der Waals surface area (Å²) in [5.41, 5.74) is 3.63. The zero-order chi connectivity index (χ0) is 16.5. The maximum Gasteiger partial charge on any atom is 0 e. The van der Waals surface area contributed by atoms with E-state index < -0.39 is 0 Å². The van der Waals surface area contributed by atoms with Gasteiger partial charge in [-0.3, -0.25) is 0 Å². The summed E-state index contributed by atoms with van der Waals surface area (Å²) in [6, 6.07) is 20.7. The Morgan fingerprint density at radius 2 is 1.32 bits per heavy atom. The first-order chi connectivity index (χ1) is 10.3. The molecule has 2 aromatic carbocycles. The molecule has 0 aliphatic carbocycles. The van der Waals surface area contributed by atoms with Crippen molar-refractivity contribution in [3.8, 4) is 11.1 Å². The quantitative estimate of drug-likeness (QED) is 0.498. The molecule has 22 heavy (non-hydrogen) atoms. The molecule has 0 fully saturated rings. The Hall–Kier alpha value is -0.456. The van der Waals surface area contributed by atoms with E-state index >= 15 is 0 Å². The van der Waals surface area contributed by atoms with Crippen molar-refractivity contribution in [1.82, 2.24) is 0 Å². The molecular formula is C21H32Y-2. The molecule has 0 heterocycles. The van der Waals surface area contributed by atoms with Crippen molar-refractivity contribution in [2.24, 2.45) is 0 Å². The summed E-state index contributed by atoms with van der Waals surface area (Å²) < 4.78 is 0. The SMILES string of the molecule is CC.CC.CCC.CCc1ccc[c-]c1-c1[c-]cccc1.[Y]. The molecule has 0 nitrogen and oxygen atoms in total. The van der Waals surface area contributed by atoms with Crippen LogP contribution in [0.25, 0.3) is 11.1 Å². The molecule has 2 aromatic rings. The van der Waals surface area contributed by atoms with Crippen molar-refractivity contribution in [3.05, 3.63) is 60.2 Å². The van der Waals surface area contributed by atoms with E-state index in [1.165, 1.54) is 17.5 Å². The van der Waals surface area contributed by atoms with Gasteiger partial charge in [-0.2, -0.15) is 48.0 Å². The molecule has 2 rings (SSSR count). The molecule has 0 aliphatic rings. The molecule has 121 valence electrons. The van der Waals surface area contributed by atoms with Gasteiger partial charge in [0.05, 0.1) is 0 Å². The minimum atomic E-state index is 0. The van der Waals surface area contributed by atoms with Gasteiger partial charge >= 0.3 is 0 Å². The fraction of sp³-hybridized carbons (Fsp3) is 0.429. The van der Waals surface area contributed by atoms with Gasteiger partial charge in [-0.15, -0.1) is 12.1 Å². The first kappa shape index (κ1) is 26.4. The van der Waals surface area contributed by atoms with Crippen LogP contribution in [-0.4, -0.2) is 0 Å². The molecular weight excluding hydrogens is 341 g/mol. The maximum atomic E-state index is 3.27. The van der Waals surface area contributed by atoms with E-state index in [2.05, 4.69) is 45.0 Å². The molecule has 0 saturated heterocycles. The van der Waals surface area contributed by atoms with Crippen LogP contribution in [-0.2, 0) is 39.1 Å². The molecule has 0 amide bonds. The summed E-state index contributed by atoms with van der Waals surface area (Å²) in [6.07, 6.45) is 2.29. The second-order valence-corrected chi connectivity index (χ2v) is 3.91. The third-order valence-electron chi connectivity index (χ3n) is 2.30. The molecule has 0 saturated carbocycles. The normalized spacial score (nSPS) is 7.77.